The smallest absolute Gasteiger partial charge is 0.258 e. The highest BCUT2D eigenvalue weighted by Crippen LogP contribution is 2.25. The lowest BCUT2D eigenvalue weighted by Gasteiger charge is -2.09. The summed E-state index contributed by atoms with van der Waals surface area (Å²) in [5, 5.41) is 7.76. The van der Waals surface area contributed by atoms with E-state index in [0.717, 1.165) is 11.4 Å². The molecule has 0 spiro atoms. The molecule has 23 heavy (non-hydrogen) atoms. The first-order valence-electron chi connectivity index (χ1n) is 6.92. The van der Waals surface area contributed by atoms with Gasteiger partial charge in [-0.2, -0.15) is 5.10 Å². The molecule has 116 valence electrons. The molecule has 1 amide bonds. The molecule has 3 rings (SSSR count). The average molecular weight is 346 g/mol. The molecule has 0 saturated carbocycles. The fourth-order valence-corrected chi connectivity index (χ4v) is 2.73. The summed E-state index contributed by atoms with van der Waals surface area (Å²) in [6, 6.07) is 14.2. The van der Waals surface area contributed by atoms with Crippen LogP contribution in [0.25, 0.3) is 5.69 Å². The summed E-state index contributed by atoms with van der Waals surface area (Å²) in [6.07, 6.45) is 1.88. The predicted molar refractivity (Wildman–Crippen MR) is 92.7 cm³/mol. The van der Waals surface area contributed by atoms with Crippen molar-refractivity contribution < 1.29 is 4.79 Å². The van der Waals surface area contributed by atoms with Gasteiger partial charge < -0.3 is 5.32 Å². The Labute approximate surface area is 143 Å². The van der Waals surface area contributed by atoms with Crippen molar-refractivity contribution in [3.05, 3.63) is 76.0 Å². The van der Waals surface area contributed by atoms with Gasteiger partial charge in [-0.25, -0.2) is 4.68 Å². The molecule has 0 radical (unpaired) electrons. The Balaban J connectivity index is 1.79. The summed E-state index contributed by atoms with van der Waals surface area (Å²) in [5.74, 6) is -0.344. The Morgan fingerprint density at radius 3 is 2.26 bits per heavy atom. The number of aromatic nitrogens is 2. The first-order chi connectivity index (χ1) is 11.0. The molecule has 0 unspecified atom stereocenters. The summed E-state index contributed by atoms with van der Waals surface area (Å²) in [5.41, 5.74) is 2.77. The molecule has 0 aliphatic rings. The van der Waals surface area contributed by atoms with Gasteiger partial charge >= 0.3 is 0 Å². The molecule has 0 aliphatic heterocycles. The molecular weight excluding hydrogens is 333 g/mol. The molecule has 0 saturated heterocycles. The van der Waals surface area contributed by atoms with Crippen molar-refractivity contribution in [3.63, 3.8) is 0 Å². The van der Waals surface area contributed by atoms with Gasteiger partial charge in [0.05, 0.1) is 27.0 Å². The topological polar surface area (TPSA) is 46.9 Å². The largest absolute Gasteiger partial charge is 0.322 e. The van der Waals surface area contributed by atoms with Crippen LogP contribution in [0.4, 0.5) is 5.69 Å². The number of hydrogen-bond donors (Lipinski definition) is 1. The monoisotopic (exact) mass is 345 g/mol. The van der Waals surface area contributed by atoms with Crippen molar-refractivity contribution in [2.75, 3.05) is 5.32 Å². The third kappa shape index (κ3) is 3.38. The van der Waals surface area contributed by atoms with Crippen LogP contribution in [0.1, 0.15) is 16.1 Å². The van der Waals surface area contributed by atoms with Crippen LogP contribution in [-0.2, 0) is 0 Å². The third-order valence-electron chi connectivity index (χ3n) is 3.30. The Morgan fingerprint density at radius 2 is 1.70 bits per heavy atom. The predicted octanol–water partition coefficient (Wildman–Crippen LogP) is 4.74. The lowest BCUT2D eigenvalue weighted by Crippen LogP contribution is -2.13. The number of amides is 1. The van der Waals surface area contributed by atoms with Gasteiger partial charge in [-0.3, -0.25) is 4.79 Å². The highest BCUT2D eigenvalue weighted by molar-refractivity contribution is 6.40. The summed E-state index contributed by atoms with van der Waals surface area (Å²) < 4.78 is 1.77. The molecule has 0 aliphatic carbocycles. The molecule has 1 aromatic heterocycles. The molecular formula is C17H13Cl2N3O. The van der Waals surface area contributed by atoms with Gasteiger partial charge in [0.2, 0.25) is 0 Å². The van der Waals surface area contributed by atoms with E-state index >= 15 is 0 Å². The number of carbonyl (C=O) groups excluding carboxylic acids is 1. The van der Waals surface area contributed by atoms with E-state index in [0.29, 0.717) is 15.7 Å². The first-order valence-corrected chi connectivity index (χ1v) is 7.68. The van der Waals surface area contributed by atoms with E-state index in [9.17, 15) is 4.79 Å². The lowest BCUT2D eigenvalue weighted by atomic mass is 10.2. The molecule has 1 heterocycles. The number of nitrogens with zero attached hydrogens (tertiary/aromatic N) is 2. The number of carbonyl (C=O) groups is 1. The Hall–Kier alpha value is -2.30. The van der Waals surface area contributed by atoms with E-state index in [4.69, 9.17) is 23.2 Å². The molecule has 4 nitrogen and oxygen atoms in total. The van der Waals surface area contributed by atoms with E-state index in [-0.39, 0.29) is 11.5 Å². The lowest BCUT2D eigenvalue weighted by molar-refractivity contribution is 0.102. The Kier molecular flexibility index (Phi) is 4.37. The average Bonchev–Trinajstić information content (AvgIpc) is 2.94. The zero-order valence-corrected chi connectivity index (χ0v) is 13.8. The highest BCUT2D eigenvalue weighted by atomic mass is 35.5. The standard InChI is InChI=1S/C17H13Cl2N3O/c1-11-9-10-22(21-11)13-7-5-12(6-8-13)20-17(23)16-14(18)3-2-4-15(16)19/h2-10H,1H3,(H,20,23). The van der Waals surface area contributed by atoms with Crippen molar-refractivity contribution in [2.45, 2.75) is 6.92 Å². The zero-order valence-electron chi connectivity index (χ0n) is 12.3. The minimum Gasteiger partial charge on any atom is -0.322 e. The second-order valence-corrected chi connectivity index (χ2v) is 5.81. The summed E-state index contributed by atoms with van der Waals surface area (Å²) in [4.78, 5) is 12.3. The van der Waals surface area contributed by atoms with Crippen molar-refractivity contribution in [3.8, 4) is 5.69 Å². The summed E-state index contributed by atoms with van der Waals surface area (Å²) in [7, 11) is 0. The van der Waals surface area contributed by atoms with E-state index < -0.39 is 0 Å². The maximum Gasteiger partial charge on any atom is 0.258 e. The van der Waals surface area contributed by atoms with Crippen LogP contribution in [0.15, 0.2) is 54.7 Å². The molecule has 1 N–H and O–H groups in total. The molecule has 0 fully saturated rings. The van der Waals surface area contributed by atoms with Crippen molar-refractivity contribution in [2.24, 2.45) is 0 Å². The summed E-state index contributed by atoms with van der Waals surface area (Å²) >= 11 is 12.1. The quantitative estimate of drug-likeness (QED) is 0.745. The van der Waals surface area contributed by atoms with Crippen LogP contribution in [0.2, 0.25) is 10.0 Å². The van der Waals surface area contributed by atoms with Gasteiger partial charge in [-0.15, -0.1) is 0 Å². The van der Waals surface area contributed by atoms with Crippen LogP contribution in [0, 0.1) is 6.92 Å². The second-order valence-electron chi connectivity index (χ2n) is 5.00. The number of hydrogen-bond acceptors (Lipinski definition) is 2. The van der Waals surface area contributed by atoms with Gasteiger partial charge in [-0.1, -0.05) is 29.3 Å². The number of aryl methyl sites for hydroxylation is 1. The van der Waals surface area contributed by atoms with Gasteiger partial charge in [0.1, 0.15) is 0 Å². The number of rotatable bonds is 3. The fourth-order valence-electron chi connectivity index (χ4n) is 2.16. The second kappa shape index (κ2) is 6.44. The van der Waals surface area contributed by atoms with Crippen LogP contribution in [-0.4, -0.2) is 15.7 Å². The molecule has 2 aromatic carbocycles. The normalized spacial score (nSPS) is 10.6. The number of halogens is 2. The molecule has 0 bridgehead atoms. The number of benzene rings is 2. The molecule has 3 aromatic rings. The van der Waals surface area contributed by atoms with E-state index in [2.05, 4.69) is 10.4 Å². The first kappa shape index (κ1) is 15.6. The van der Waals surface area contributed by atoms with E-state index in [1.807, 2.05) is 31.3 Å². The SMILES string of the molecule is Cc1ccn(-c2ccc(NC(=O)c3c(Cl)cccc3Cl)cc2)n1. The maximum atomic E-state index is 12.3. The third-order valence-corrected chi connectivity index (χ3v) is 3.93. The van der Waals surface area contributed by atoms with E-state index in [1.165, 1.54) is 0 Å². The Bertz CT molecular complexity index is 836. The molecule has 6 heteroatoms. The Morgan fingerprint density at radius 1 is 1.04 bits per heavy atom. The van der Waals surface area contributed by atoms with Crippen LogP contribution in [0.5, 0.6) is 0 Å². The zero-order chi connectivity index (χ0) is 16.4. The van der Waals surface area contributed by atoms with Crippen LogP contribution < -0.4 is 5.32 Å². The van der Waals surface area contributed by atoms with Gasteiger partial charge in [0.25, 0.3) is 5.91 Å². The van der Waals surface area contributed by atoms with Gasteiger partial charge in [-0.05, 0) is 49.4 Å². The minimum absolute atomic E-state index is 0.266. The van der Waals surface area contributed by atoms with Crippen LogP contribution >= 0.6 is 23.2 Å². The van der Waals surface area contributed by atoms with Gasteiger partial charge in [0.15, 0.2) is 0 Å². The summed E-state index contributed by atoms with van der Waals surface area (Å²) in [6.45, 7) is 1.93. The van der Waals surface area contributed by atoms with Crippen molar-refractivity contribution in [1.82, 2.24) is 9.78 Å². The van der Waals surface area contributed by atoms with Crippen molar-refractivity contribution in [1.29, 1.82) is 0 Å². The van der Waals surface area contributed by atoms with E-state index in [1.54, 1.807) is 35.0 Å². The van der Waals surface area contributed by atoms with Gasteiger partial charge in [0, 0.05) is 11.9 Å². The number of anilines is 1. The highest BCUT2D eigenvalue weighted by Gasteiger charge is 2.14. The van der Waals surface area contributed by atoms with Crippen molar-refractivity contribution >= 4 is 34.8 Å². The number of nitrogens with one attached hydrogen (secondary N) is 1. The maximum absolute atomic E-state index is 12.3. The molecule has 0 atom stereocenters. The fraction of sp³-hybridized carbons (Fsp3) is 0.0588. The van der Waals surface area contributed by atoms with Crippen LogP contribution in [0.3, 0.4) is 0 Å². The minimum atomic E-state index is -0.344.